The van der Waals surface area contributed by atoms with Crippen LogP contribution in [0.25, 0.3) is 11.4 Å². The predicted octanol–water partition coefficient (Wildman–Crippen LogP) is 3.77. The van der Waals surface area contributed by atoms with Gasteiger partial charge in [-0.3, -0.25) is 14.5 Å². The highest BCUT2D eigenvalue weighted by atomic mass is 32.1. The third-order valence-electron chi connectivity index (χ3n) is 4.21. The lowest BCUT2D eigenvalue weighted by Crippen LogP contribution is -2.30. The number of benzene rings is 2. The number of carbonyl (C=O) groups is 1. The molecular weight excluding hydrogens is 386 g/mol. The minimum absolute atomic E-state index is 0.107. The first-order chi connectivity index (χ1) is 13.4. The number of methoxy groups -OCH3 is 1. The SMILES string of the molecule is COc1ccc(-c2n[nH]c(=S)n2CC(=O)N[C@H](C)c2ccc(F)cc2F)cc1. The Morgan fingerprint density at radius 1 is 1.29 bits per heavy atom. The van der Waals surface area contributed by atoms with E-state index in [2.05, 4.69) is 15.5 Å². The molecule has 0 bridgehead atoms. The second-order valence-electron chi connectivity index (χ2n) is 6.12. The molecule has 1 aromatic heterocycles. The number of nitrogens with zero attached hydrogens (tertiary/aromatic N) is 2. The predicted molar refractivity (Wildman–Crippen MR) is 102 cm³/mol. The number of rotatable bonds is 6. The Hall–Kier alpha value is -3.07. The van der Waals surface area contributed by atoms with Gasteiger partial charge in [0, 0.05) is 17.2 Å². The fourth-order valence-corrected chi connectivity index (χ4v) is 2.98. The Labute approximate surface area is 165 Å². The summed E-state index contributed by atoms with van der Waals surface area (Å²) in [5, 5.41) is 9.54. The average Bonchev–Trinajstić information content (AvgIpc) is 3.02. The van der Waals surface area contributed by atoms with Crippen LogP contribution in [0.1, 0.15) is 18.5 Å². The van der Waals surface area contributed by atoms with Crippen LogP contribution < -0.4 is 10.1 Å². The maximum Gasteiger partial charge on any atom is 0.240 e. The molecule has 3 rings (SSSR count). The maximum atomic E-state index is 13.9. The molecule has 0 aliphatic carbocycles. The monoisotopic (exact) mass is 404 g/mol. The molecule has 2 aromatic carbocycles. The molecule has 0 spiro atoms. The topological polar surface area (TPSA) is 71.9 Å². The van der Waals surface area contributed by atoms with Crippen molar-refractivity contribution in [2.24, 2.45) is 0 Å². The van der Waals surface area contributed by atoms with Crippen LogP contribution in [0, 0.1) is 16.4 Å². The van der Waals surface area contributed by atoms with Gasteiger partial charge in [-0.25, -0.2) is 8.78 Å². The van der Waals surface area contributed by atoms with Gasteiger partial charge in [-0.05, 0) is 49.5 Å². The summed E-state index contributed by atoms with van der Waals surface area (Å²) in [4.78, 5) is 12.5. The van der Waals surface area contributed by atoms with Crippen molar-refractivity contribution in [2.45, 2.75) is 19.5 Å². The summed E-state index contributed by atoms with van der Waals surface area (Å²) in [6.45, 7) is 1.51. The van der Waals surface area contributed by atoms with Gasteiger partial charge in [-0.15, -0.1) is 0 Å². The number of hydrogen-bond acceptors (Lipinski definition) is 4. The van der Waals surface area contributed by atoms with Crippen molar-refractivity contribution in [1.82, 2.24) is 20.1 Å². The van der Waals surface area contributed by atoms with Crippen LogP contribution in [0.15, 0.2) is 42.5 Å². The third-order valence-corrected chi connectivity index (χ3v) is 4.53. The molecule has 0 unspecified atom stereocenters. The van der Waals surface area contributed by atoms with Crippen molar-refractivity contribution in [3.8, 4) is 17.1 Å². The van der Waals surface area contributed by atoms with E-state index in [-0.39, 0.29) is 22.8 Å². The Bertz CT molecular complexity index is 1050. The second-order valence-corrected chi connectivity index (χ2v) is 6.51. The number of carbonyl (C=O) groups excluding carboxylic acids is 1. The van der Waals surface area contributed by atoms with E-state index >= 15 is 0 Å². The summed E-state index contributed by atoms with van der Waals surface area (Å²) in [6, 6.07) is 9.75. The van der Waals surface area contributed by atoms with Crippen molar-refractivity contribution in [2.75, 3.05) is 7.11 Å². The normalized spacial score (nSPS) is 11.9. The van der Waals surface area contributed by atoms with Crippen LogP contribution in [0.3, 0.4) is 0 Å². The molecular formula is C19H18F2N4O2S. The Kier molecular flexibility index (Phi) is 5.84. The lowest BCUT2D eigenvalue weighted by Gasteiger charge is -2.16. The van der Waals surface area contributed by atoms with E-state index in [0.29, 0.717) is 11.6 Å². The zero-order valence-corrected chi connectivity index (χ0v) is 16.0. The van der Waals surface area contributed by atoms with Gasteiger partial charge in [0.15, 0.2) is 10.6 Å². The molecule has 2 N–H and O–H groups in total. The molecule has 146 valence electrons. The molecule has 28 heavy (non-hydrogen) atoms. The van der Waals surface area contributed by atoms with Gasteiger partial charge in [0.25, 0.3) is 0 Å². The summed E-state index contributed by atoms with van der Waals surface area (Å²) in [6.07, 6.45) is 0. The van der Waals surface area contributed by atoms with Crippen LogP contribution in [-0.2, 0) is 11.3 Å². The highest BCUT2D eigenvalue weighted by molar-refractivity contribution is 7.71. The molecule has 6 nitrogen and oxygen atoms in total. The fraction of sp³-hybridized carbons (Fsp3) is 0.211. The van der Waals surface area contributed by atoms with Crippen molar-refractivity contribution in [3.05, 3.63) is 64.4 Å². The van der Waals surface area contributed by atoms with Crippen LogP contribution in [0.2, 0.25) is 0 Å². The van der Waals surface area contributed by atoms with E-state index in [4.69, 9.17) is 17.0 Å². The molecule has 0 saturated carbocycles. The summed E-state index contributed by atoms with van der Waals surface area (Å²) in [5.74, 6) is -0.593. The zero-order chi connectivity index (χ0) is 20.3. The van der Waals surface area contributed by atoms with Crippen molar-refractivity contribution in [3.63, 3.8) is 0 Å². The quantitative estimate of drug-likeness (QED) is 0.614. The number of aromatic amines is 1. The molecule has 0 aliphatic heterocycles. The number of H-pyrrole nitrogens is 1. The van der Waals surface area contributed by atoms with E-state index in [0.717, 1.165) is 17.7 Å². The lowest BCUT2D eigenvalue weighted by molar-refractivity contribution is -0.122. The first-order valence-corrected chi connectivity index (χ1v) is 8.84. The Morgan fingerprint density at radius 3 is 2.64 bits per heavy atom. The minimum atomic E-state index is -0.716. The lowest BCUT2D eigenvalue weighted by atomic mass is 10.1. The van der Waals surface area contributed by atoms with Crippen LogP contribution in [0.5, 0.6) is 5.75 Å². The summed E-state index contributed by atoms with van der Waals surface area (Å²) in [5.41, 5.74) is 0.944. The molecule has 0 fully saturated rings. The smallest absolute Gasteiger partial charge is 0.240 e. The molecule has 3 aromatic rings. The second kappa shape index (κ2) is 8.30. The largest absolute Gasteiger partial charge is 0.497 e. The Morgan fingerprint density at radius 2 is 2.00 bits per heavy atom. The van der Waals surface area contributed by atoms with E-state index in [1.54, 1.807) is 42.9 Å². The minimum Gasteiger partial charge on any atom is -0.497 e. The first-order valence-electron chi connectivity index (χ1n) is 8.43. The van der Waals surface area contributed by atoms with Gasteiger partial charge >= 0.3 is 0 Å². The van der Waals surface area contributed by atoms with Gasteiger partial charge in [-0.2, -0.15) is 5.10 Å². The van der Waals surface area contributed by atoms with Gasteiger partial charge in [-0.1, -0.05) is 6.07 Å². The molecule has 1 heterocycles. The molecule has 0 saturated heterocycles. The maximum absolute atomic E-state index is 13.9. The van der Waals surface area contributed by atoms with E-state index in [1.807, 2.05) is 0 Å². The number of nitrogens with one attached hydrogen (secondary N) is 2. The molecule has 0 radical (unpaired) electrons. The van der Waals surface area contributed by atoms with Crippen LogP contribution >= 0.6 is 12.2 Å². The summed E-state index contributed by atoms with van der Waals surface area (Å²) >= 11 is 5.22. The van der Waals surface area contributed by atoms with E-state index in [9.17, 15) is 13.6 Å². The van der Waals surface area contributed by atoms with E-state index < -0.39 is 17.7 Å². The van der Waals surface area contributed by atoms with Gasteiger partial charge in [0.05, 0.1) is 13.2 Å². The van der Waals surface area contributed by atoms with Crippen LogP contribution in [0.4, 0.5) is 8.78 Å². The third kappa shape index (κ3) is 4.25. The number of aromatic nitrogens is 3. The van der Waals surface area contributed by atoms with Crippen LogP contribution in [-0.4, -0.2) is 27.8 Å². The van der Waals surface area contributed by atoms with Crippen molar-refractivity contribution >= 4 is 18.1 Å². The summed E-state index contributed by atoms with van der Waals surface area (Å²) < 4.78 is 33.9. The highest BCUT2D eigenvalue weighted by Gasteiger charge is 2.17. The average molecular weight is 404 g/mol. The number of hydrogen-bond donors (Lipinski definition) is 2. The van der Waals surface area contributed by atoms with Gasteiger partial charge in [0.1, 0.15) is 23.9 Å². The zero-order valence-electron chi connectivity index (χ0n) is 15.2. The molecule has 1 atom stereocenters. The number of halogens is 2. The number of amides is 1. The Balaban J connectivity index is 1.77. The van der Waals surface area contributed by atoms with Gasteiger partial charge < -0.3 is 10.1 Å². The molecule has 0 aliphatic rings. The van der Waals surface area contributed by atoms with Crippen molar-refractivity contribution in [1.29, 1.82) is 0 Å². The number of ether oxygens (including phenoxy) is 1. The molecule has 1 amide bonds. The standard InChI is InChI=1S/C19H18F2N4O2S/c1-11(15-8-5-13(20)9-16(15)21)22-17(26)10-25-18(23-24-19(25)28)12-3-6-14(27-2)7-4-12/h3-9,11H,10H2,1-2H3,(H,22,26)(H,24,28)/t11-/m1/s1. The summed E-state index contributed by atoms with van der Waals surface area (Å²) in [7, 11) is 1.57. The van der Waals surface area contributed by atoms with Crippen molar-refractivity contribution < 1.29 is 18.3 Å². The fourth-order valence-electron chi connectivity index (χ4n) is 2.79. The van der Waals surface area contributed by atoms with Gasteiger partial charge in [0.2, 0.25) is 5.91 Å². The van der Waals surface area contributed by atoms with E-state index in [1.165, 1.54) is 6.07 Å². The molecule has 9 heteroatoms. The highest BCUT2D eigenvalue weighted by Crippen LogP contribution is 2.21. The first kappa shape index (κ1) is 19.7.